The van der Waals surface area contributed by atoms with Crippen molar-refractivity contribution in [2.75, 3.05) is 36.4 Å². The summed E-state index contributed by atoms with van der Waals surface area (Å²) in [4.78, 5) is 28.3. The number of aliphatic hydroxyl groups excluding tert-OH is 1. The standard InChI is InChI=1S/C31H48FN3O4/c32-28-21-26(33-31(38)39)13-14-29(28)35-17-7-9-25(22-35)20-30(37)34-15-5-2-1-3-8-23-11-12-24(18-23)19-27(36)10-4-6-16-34/h13-14,21,23-25,27,33,36H,1-12,15-20,22H2,(H,38,39). The van der Waals surface area contributed by atoms with Gasteiger partial charge in [0.25, 0.3) is 0 Å². The van der Waals surface area contributed by atoms with Gasteiger partial charge in [-0.1, -0.05) is 38.5 Å². The number of carboxylic acid groups (broad SMARTS) is 1. The van der Waals surface area contributed by atoms with Gasteiger partial charge in [-0.3, -0.25) is 10.1 Å². The van der Waals surface area contributed by atoms with E-state index in [1.54, 1.807) is 12.1 Å². The summed E-state index contributed by atoms with van der Waals surface area (Å²) in [5, 5.41) is 21.6. The van der Waals surface area contributed by atoms with Crippen molar-refractivity contribution in [1.29, 1.82) is 0 Å². The lowest BCUT2D eigenvalue weighted by Crippen LogP contribution is -2.40. The van der Waals surface area contributed by atoms with Crippen LogP contribution in [-0.2, 0) is 4.79 Å². The lowest BCUT2D eigenvalue weighted by molar-refractivity contribution is -0.132. The Morgan fingerprint density at radius 2 is 1.62 bits per heavy atom. The summed E-state index contributed by atoms with van der Waals surface area (Å²) in [5.41, 5.74) is 0.667. The number of nitrogens with zero attached hydrogens (tertiary/aromatic N) is 2. The van der Waals surface area contributed by atoms with Crippen molar-refractivity contribution in [3.8, 4) is 0 Å². The van der Waals surface area contributed by atoms with Gasteiger partial charge in [-0.15, -0.1) is 0 Å². The fraction of sp³-hybridized carbons (Fsp3) is 0.742. The van der Waals surface area contributed by atoms with Crippen molar-refractivity contribution in [3.05, 3.63) is 24.0 Å². The molecule has 8 heteroatoms. The molecule has 1 saturated carbocycles. The van der Waals surface area contributed by atoms with E-state index in [2.05, 4.69) is 5.32 Å². The van der Waals surface area contributed by atoms with Gasteiger partial charge in [-0.25, -0.2) is 9.18 Å². The summed E-state index contributed by atoms with van der Waals surface area (Å²) in [6, 6.07) is 4.41. The second-order valence-corrected chi connectivity index (χ2v) is 12.3. The number of carbonyl (C=O) groups is 2. The maximum Gasteiger partial charge on any atom is 0.409 e. The summed E-state index contributed by atoms with van der Waals surface area (Å²) >= 11 is 0. The van der Waals surface area contributed by atoms with E-state index in [-0.39, 0.29) is 23.6 Å². The molecule has 3 fully saturated rings. The predicted molar refractivity (Wildman–Crippen MR) is 153 cm³/mol. The van der Waals surface area contributed by atoms with Crippen molar-refractivity contribution < 1.29 is 24.2 Å². The molecule has 2 saturated heterocycles. The first kappa shape index (κ1) is 29.6. The molecule has 1 aromatic carbocycles. The Balaban J connectivity index is 1.30. The molecule has 0 spiro atoms. The summed E-state index contributed by atoms with van der Waals surface area (Å²) in [7, 11) is 0. The number of benzene rings is 1. The molecule has 7 nitrogen and oxygen atoms in total. The van der Waals surface area contributed by atoms with E-state index in [1.807, 2.05) is 9.80 Å². The van der Waals surface area contributed by atoms with E-state index in [1.165, 1.54) is 51.0 Å². The van der Waals surface area contributed by atoms with Crippen LogP contribution in [-0.4, -0.2) is 59.4 Å². The minimum atomic E-state index is -1.22. The molecule has 39 heavy (non-hydrogen) atoms. The Morgan fingerprint density at radius 1 is 0.872 bits per heavy atom. The average molecular weight is 546 g/mol. The molecule has 4 atom stereocenters. The third-order valence-electron chi connectivity index (χ3n) is 9.14. The van der Waals surface area contributed by atoms with Crippen LogP contribution in [0.4, 0.5) is 20.6 Å². The van der Waals surface area contributed by atoms with Crippen LogP contribution in [0.3, 0.4) is 0 Å². The molecule has 218 valence electrons. The largest absolute Gasteiger partial charge is 0.465 e. The first-order chi connectivity index (χ1) is 18.9. The number of hydrogen-bond acceptors (Lipinski definition) is 4. The number of halogens is 1. The minimum absolute atomic E-state index is 0.167. The van der Waals surface area contributed by atoms with Gasteiger partial charge in [0.1, 0.15) is 5.82 Å². The number of fused-ring (bicyclic) bond motifs is 2. The maximum absolute atomic E-state index is 14.8. The highest BCUT2D eigenvalue weighted by Crippen LogP contribution is 2.37. The Bertz CT molecular complexity index is 944. The predicted octanol–water partition coefficient (Wildman–Crippen LogP) is 6.65. The van der Waals surface area contributed by atoms with Crippen molar-refractivity contribution in [1.82, 2.24) is 4.90 Å². The second kappa shape index (κ2) is 14.9. The highest BCUT2D eigenvalue weighted by atomic mass is 19.1. The molecule has 0 radical (unpaired) electrons. The highest BCUT2D eigenvalue weighted by molar-refractivity contribution is 5.83. The van der Waals surface area contributed by atoms with Gasteiger partial charge < -0.3 is 20.0 Å². The number of anilines is 2. The molecular weight excluding hydrogens is 497 g/mol. The Kier molecular flexibility index (Phi) is 11.3. The fourth-order valence-electron chi connectivity index (χ4n) is 7.08. The quantitative estimate of drug-likeness (QED) is 0.394. The van der Waals surface area contributed by atoms with E-state index in [0.717, 1.165) is 70.5 Å². The second-order valence-electron chi connectivity index (χ2n) is 12.3. The highest BCUT2D eigenvalue weighted by Gasteiger charge is 2.28. The van der Waals surface area contributed by atoms with Crippen LogP contribution in [0.25, 0.3) is 0 Å². The molecule has 2 heterocycles. The third-order valence-corrected chi connectivity index (χ3v) is 9.14. The fourth-order valence-corrected chi connectivity index (χ4v) is 7.08. The normalized spacial score (nSPS) is 27.7. The SMILES string of the molecule is O=C(O)Nc1ccc(N2CCCC(CC(=O)N3CCCCCCC4CCC(CC(O)CCCC3)C4)C2)c(F)c1. The molecule has 0 aromatic heterocycles. The first-order valence-corrected chi connectivity index (χ1v) is 15.4. The molecule has 3 N–H and O–H groups in total. The number of hydrogen-bond donors (Lipinski definition) is 3. The average Bonchev–Trinajstić information content (AvgIpc) is 3.33. The number of piperidine rings is 1. The van der Waals surface area contributed by atoms with Crippen LogP contribution in [0.1, 0.15) is 96.3 Å². The zero-order valence-electron chi connectivity index (χ0n) is 23.5. The number of nitrogens with one attached hydrogen (secondary N) is 1. The van der Waals surface area contributed by atoms with Gasteiger partial charge >= 0.3 is 6.09 Å². The lowest BCUT2D eigenvalue weighted by Gasteiger charge is -2.35. The van der Waals surface area contributed by atoms with E-state index in [9.17, 15) is 19.1 Å². The van der Waals surface area contributed by atoms with Gasteiger partial charge in [0.2, 0.25) is 5.91 Å². The Hall–Kier alpha value is -2.35. The van der Waals surface area contributed by atoms with E-state index in [0.29, 0.717) is 24.6 Å². The summed E-state index contributed by atoms with van der Waals surface area (Å²) in [6.45, 7) is 2.90. The first-order valence-electron chi connectivity index (χ1n) is 15.4. The summed E-state index contributed by atoms with van der Waals surface area (Å²) in [6.07, 6.45) is 14.5. The summed E-state index contributed by atoms with van der Waals surface area (Å²) in [5.74, 6) is 1.45. The molecule has 4 unspecified atom stereocenters. The number of carbonyl (C=O) groups excluding carboxylic acids is 1. The molecular formula is C31H48FN3O4. The van der Waals surface area contributed by atoms with Crippen LogP contribution in [0.15, 0.2) is 18.2 Å². The van der Waals surface area contributed by atoms with Crippen LogP contribution in [0, 0.1) is 23.6 Å². The van der Waals surface area contributed by atoms with Crippen LogP contribution < -0.4 is 10.2 Å². The minimum Gasteiger partial charge on any atom is -0.465 e. The maximum atomic E-state index is 14.8. The molecule has 1 aromatic rings. The van der Waals surface area contributed by atoms with Crippen LogP contribution in [0.5, 0.6) is 0 Å². The van der Waals surface area contributed by atoms with Crippen LogP contribution in [0.2, 0.25) is 0 Å². The lowest BCUT2D eigenvalue weighted by atomic mass is 9.93. The molecule has 2 aliphatic heterocycles. The number of rotatable bonds is 4. The van der Waals surface area contributed by atoms with E-state index >= 15 is 0 Å². The Labute approximate surface area is 233 Å². The van der Waals surface area contributed by atoms with Crippen molar-refractivity contribution >= 4 is 23.4 Å². The van der Waals surface area contributed by atoms with Gasteiger partial charge in [0.05, 0.1) is 11.8 Å². The van der Waals surface area contributed by atoms with E-state index < -0.39 is 11.9 Å². The van der Waals surface area contributed by atoms with Crippen molar-refractivity contribution in [3.63, 3.8) is 0 Å². The number of aliphatic hydroxyl groups is 1. The summed E-state index contributed by atoms with van der Waals surface area (Å²) < 4.78 is 14.8. The van der Waals surface area contributed by atoms with Crippen molar-refractivity contribution in [2.24, 2.45) is 17.8 Å². The van der Waals surface area contributed by atoms with Gasteiger partial charge in [0, 0.05) is 38.3 Å². The molecule has 2 amide bonds. The van der Waals surface area contributed by atoms with Gasteiger partial charge in [0.15, 0.2) is 0 Å². The zero-order valence-corrected chi connectivity index (χ0v) is 23.5. The van der Waals surface area contributed by atoms with Gasteiger partial charge in [-0.05, 0) is 87.3 Å². The third kappa shape index (κ3) is 9.37. The van der Waals surface area contributed by atoms with Crippen LogP contribution >= 0.6 is 0 Å². The Morgan fingerprint density at radius 3 is 2.41 bits per heavy atom. The number of amides is 2. The molecule has 4 rings (SSSR count). The molecule has 3 aliphatic rings. The zero-order chi connectivity index (χ0) is 27.6. The van der Waals surface area contributed by atoms with Gasteiger partial charge in [-0.2, -0.15) is 0 Å². The smallest absolute Gasteiger partial charge is 0.409 e. The monoisotopic (exact) mass is 545 g/mol. The van der Waals surface area contributed by atoms with Crippen molar-refractivity contribution in [2.45, 2.75) is 102 Å². The van der Waals surface area contributed by atoms with E-state index in [4.69, 9.17) is 5.11 Å². The molecule has 2 bridgehead atoms. The molecule has 1 aliphatic carbocycles. The topological polar surface area (TPSA) is 93.1 Å².